The van der Waals surface area contributed by atoms with Crippen molar-refractivity contribution < 1.29 is 29.0 Å². The molecule has 1 heterocycles. The molecule has 1 aliphatic rings. The predicted octanol–water partition coefficient (Wildman–Crippen LogP) is 1.22. The quantitative estimate of drug-likeness (QED) is 0.456. The summed E-state index contributed by atoms with van der Waals surface area (Å²) in [5.41, 5.74) is 2.18. The third kappa shape index (κ3) is 5.03. The van der Waals surface area contributed by atoms with E-state index in [1.807, 2.05) is 19.1 Å². The van der Waals surface area contributed by atoms with E-state index in [9.17, 15) is 24.3 Å². The summed E-state index contributed by atoms with van der Waals surface area (Å²) < 4.78 is 5.13. The van der Waals surface area contributed by atoms with E-state index in [0.717, 1.165) is 23.0 Å². The molecule has 32 heavy (non-hydrogen) atoms. The smallest absolute Gasteiger partial charge is 0.257 e. The number of ether oxygens (including phenoxy) is 1. The lowest BCUT2D eigenvalue weighted by atomic mass is 10.1. The van der Waals surface area contributed by atoms with E-state index in [2.05, 4.69) is 0 Å². The third-order valence-corrected chi connectivity index (χ3v) is 5.26. The summed E-state index contributed by atoms with van der Waals surface area (Å²) in [6.45, 7) is 2.01. The number of nitrogens with zero attached hydrogens (tertiary/aromatic N) is 2. The van der Waals surface area contributed by atoms with Crippen LogP contribution in [0.25, 0.3) is 0 Å². The lowest BCUT2D eigenvalue weighted by Crippen LogP contribution is -2.44. The van der Waals surface area contributed by atoms with Gasteiger partial charge in [0.1, 0.15) is 11.8 Å². The van der Waals surface area contributed by atoms with E-state index in [1.165, 1.54) is 12.0 Å². The molecule has 8 heteroatoms. The number of carboxylic acid groups (broad SMARTS) is 1. The largest absolute Gasteiger partial charge is 0.545 e. The van der Waals surface area contributed by atoms with Crippen molar-refractivity contribution in [2.75, 3.05) is 12.0 Å². The Morgan fingerprint density at radius 1 is 1.06 bits per heavy atom. The first-order valence-corrected chi connectivity index (χ1v) is 10.1. The predicted molar refractivity (Wildman–Crippen MR) is 114 cm³/mol. The molecule has 1 fully saturated rings. The number of rotatable bonds is 8. The van der Waals surface area contributed by atoms with Gasteiger partial charge >= 0.3 is 0 Å². The van der Waals surface area contributed by atoms with E-state index in [-0.39, 0.29) is 13.0 Å². The first-order chi connectivity index (χ1) is 15.3. The maximum atomic E-state index is 13.2. The molecule has 8 nitrogen and oxygen atoms in total. The summed E-state index contributed by atoms with van der Waals surface area (Å²) in [5, 5.41) is 10.8. The average Bonchev–Trinajstić information content (AvgIpc) is 3.09. The number of aliphatic carboxylic acids is 1. The van der Waals surface area contributed by atoms with Gasteiger partial charge in [0.25, 0.3) is 5.91 Å². The van der Waals surface area contributed by atoms with Crippen LogP contribution in [0.2, 0.25) is 0 Å². The molecule has 2 aromatic rings. The van der Waals surface area contributed by atoms with Gasteiger partial charge in [0, 0.05) is 12.6 Å². The summed E-state index contributed by atoms with van der Waals surface area (Å²) in [4.78, 5) is 51.7. The Labute approximate surface area is 185 Å². The monoisotopic (exact) mass is 435 g/mol. The Bertz CT molecular complexity index is 1040. The van der Waals surface area contributed by atoms with Crippen LogP contribution < -0.4 is 14.7 Å². The highest BCUT2D eigenvalue weighted by atomic mass is 16.5. The molecule has 0 unspecified atom stereocenters. The maximum Gasteiger partial charge on any atom is 0.257 e. The van der Waals surface area contributed by atoms with E-state index in [0.29, 0.717) is 23.1 Å². The summed E-state index contributed by atoms with van der Waals surface area (Å²) >= 11 is 0. The van der Waals surface area contributed by atoms with Crippen molar-refractivity contribution in [2.24, 2.45) is 0 Å². The van der Waals surface area contributed by atoms with Gasteiger partial charge in [0.2, 0.25) is 11.8 Å². The number of anilines is 1. The molecule has 2 aromatic carbocycles. The minimum atomic E-state index is -1.53. The number of benzene rings is 2. The Hall–Kier alpha value is -3.94. The summed E-state index contributed by atoms with van der Waals surface area (Å²) in [5.74, 6) is -2.59. The molecule has 3 amide bonds. The summed E-state index contributed by atoms with van der Waals surface area (Å²) in [6, 6.07) is 12.9. The lowest BCUT2D eigenvalue weighted by Gasteiger charge is -2.27. The second-order valence-corrected chi connectivity index (χ2v) is 7.27. The minimum absolute atomic E-state index is 0.00646. The first-order valence-electron chi connectivity index (χ1n) is 10.1. The van der Waals surface area contributed by atoms with Crippen molar-refractivity contribution in [3.63, 3.8) is 0 Å². The van der Waals surface area contributed by atoms with Gasteiger partial charge in [-0.25, -0.2) is 4.90 Å². The van der Waals surface area contributed by atoms with E-state index < -0.39 is 29.7 Å². The highest BCUT2D eigenvalue weighted by Gasteiger charge is 2.44. The number of carbonyl (C=O) groups is 4. The number of aryl methyl sites for hydroxylation is 1. The number of imide groups is 1. The van der Waals surface area contributed by atoms with Crippen LogP contribution in [0.15, 0.2) is 60.7 Å². The number of carboxylic acids is 1. The highest BCUT2D eigenvalue weighted by Crippen LogP contribution is 2.27. The normalized spacial score (nSPS) is 15.9. The van der Waals surface area contributed by atoms with Crippen molar-refractivity contribution in [1.82, 2.24) is 4.90 Å². The molecule has 0 aromatic heterocycles. The van der Waals surface area contributed by atoms with Crippen molar-refractivity contribution >= 4 is 29.4 Å². The van der Waals surface area contributed by atoms with Gasteiger partial charge in [-0.15, -0.1) is 0 Å². The van der Waals surface area contributed by atoms with Crippen LogP contribution in [0.3, 0.4) is 0 Å². The number of hydrogen-bond donors (Lipinski definition) is 0. The van der Waals surface area contributed by atoms with Crippen LogP contribution in [0.4, 0.5) is 5.69 Å². The van der Waals surface area contributed by atoms with Gasteiger partial charge in [0.15, 0.2) is 0 Å². The molecular formula is C24H23N2O6-. The van der Waals surface area contributed by atoms with Crippen molar-refractivity contribution in [3.8, 4) is 5.75 Å². The molecule has 0 N–H and O–H groups in total. The number of amides is 3. The minimum Gasteiger partial charge on any atom is -0.545 e. The molecule has 0 radical (unpaired) electrons. The van der Waals surface area contributed by atoms with E-state index in [1.54, 1.807) is 36.4 Å². The molecule has 166 valence electrons. The van der Waals surface area contributed by atoms with Gasteiger partial charge in [-0.3, -0.25) is 14.4 Å². The highest BCUT2D eigenvalue weighted by molar-refractivity contribution is 6.23. The molecule has 0 aliphatic carbocycles. The molecule has 0 spiro atoms. The standard InChI is InChI=1S/C24H24N2O6/c1-3-16-4-8-18(9-5-16)26-22(28)14-20(24(26)31)25(21(27)12-13-23(29)30)15-17-6-10-19(32-2)11-7-17/h4-13,20H,3,14-15H2,1-2H3,(H,29,30)/p-1/b13-12+/t20-/m1/s1. The van der Waals surface area contributed by atoms with E-state index >= 15 is 0 Å². The zero-order chi connectivity index (χ0) is 23.3. The fraction of sp³-hybridized carbons (Fsp3) is 0.250. The second-order valence-electron chi connectivity index (χ2n) is 7.27. The second kappa shape index (κ2) is 9.91. The zero-order valence-corrected chi connectivity index (χ0v) is 17.8. The van der Waals surface area contributed by atoms with Crippen LogP contribution in [-0.2, 0) is 32.1 Å². The molecule has 3 rings (SSSR count). The number of carbonyl (C=O) groups excluding carboxylic acids is 4. The topological polar surface area (TPSA) is 107 Å². The van der Waals surface area contributed by atoms with Gasteiger partial charge in [-0.1, -0.05) is 31.2 Å². The van der Waals surface area contributed by atoms with Crippen molar-refractivity contribution in [1.29, 1.82) is 0 Å². The molecule has 1 aliphatic heterocycles. The first kappa shape index (κ1) is 22.7. The maximum absolute atomic E-state index is 13.2. The molecule has 0 saturated carbocycles. The van der Waals surface area contributed by atoms with Gasteiger partial charge in [0.05, 0.1) is 25.2 Å². The van der Waals surface area contributed by atoms with Crippen LogP contribution in [0.1, 0.15) is 24.5 Å². The molecule has 1 atom stereocenters. The third-order valence-electron chi connectivity index (χ3n) is 5.26. The lowest BCUT2D eigenvalue weighted by molar-refractivity contribution is -0.297. The van der Waals surface area contributed by atoms with Crippen LogP contribution in [0, 0.1) is 0 Å². The summed E-state index contributed by atoms with van der Waals surface area (Å²) in [6.07, 6.45) is 2.05. The SMILES string of the molecule is CCc1ccc(N2C(=O)C[C@@H](N(Cc3ccc(OC)cc3)C(=O)/C=C/C(=O)[O-])C2=O)cc1. The van der Waals surface area contributed by atoms with Gasteiger partial charge < -0.3 is 19.5 Å². The van der Waals surface area contributed by atoms with Crippen LogP contribution >= 0.6 is 0 Å². The number of hydrogen-bond acceptors (Lipinski definition) is 6. The van der Waals surface area contributed by atoms with Gasteiger partial charge in [-0.2, -0.15) is 0 Å². The zero-order valence-electron chi connectivity index (χ0n) is 17.8. The van der Waals surface area contributed by atoms with Crippen LogP contribution in [-0.4, -0.2) is 41.7 Å². The fourth-order valence-corrected chi connectivity index (χ4v) is 3.52. The van der Waals surface area contributed by atoms with Crippen molar-refractivity contribution in [3.05, 3.63) is 71.8 Å². The Balaban J connectivity index is 1.90. The van der Waals surface area contributed by atoms with Gasteiger partial charge in [-0.05, 0) is 47.9 Å². The van der Waals surface area contributed by atoms with E-state index in [4.69, 9.17) is 4.74 Å². The molecule has 1 saturated heterocycles. The fourth-order valence-electron chi connectivity index (χ4n) is 3.52. The molecule has 0 bridgehead atoms. The Morgan fingerprint density at radius 3 is 2.25 bits per heavy atom. The number of methoxy groups -OCH3 is 1. The Kier molecular flexibility index (Phi) is 7.04. The Morgan fingerprint density at radius 2 is 1.69 bits per heavy atom. The van der Waals surface area contributed by atoms with Crippen LogP contribution in [0.5, 0.6) is 5.75 Å². The summed E-state index contributed by atoms with van der Waals surface area (Å²) in [7, 11) is 1.53. The average molecular weight is 435 g/mol. The van der Waals surface area contributed by atoms with Crippen molar-refractivity contribution in [2.45, 2.75) is 32.4 Å². The molecular weight excluding hydrogens is 412 g/mol.